The van der Waals surface area contributed by atoms with Crippen molar-refractivity contribution in [3.63, 3.8) is 0 Å². The maximum absolute atomic E-state index is 2.43. The van der Waals surface area contributed by atoms with Gasteiger partial charge in [0.15, 0.2) is 0 Å². The molecule has 0 saturated heterocycles. The molecule has 0 amide bonds. The zero-order valence-corrected chi connectivity index (χ0v) is 24.6. The van der Waals surface area contributed by atoms with Crippen LogP contribution >= 0.6 is 0 Å². The molecule has 0 atom stereocenters. The van der Waals surface area contributed by atoms with Crippen LogP contribution in [-0.2, 0) is 16.2 Å². The molecule has 1 heterocycles. The van der Waals surface area contributed by atoms with E-state index in [9.17, 15) is 0 Å². The van der Waals surface area contributed by atoms with Gasteiger partial charge in [0.2, 0.25) is 0 Å². The van der Waals surface area contributed by atoms with Crippen molar-refractivity contribution in [2.75, 3.05) is 4.90 Å². The van der Waals surface area contributed by atoms with Crippen LogP contribution in [-0.4, -0.2) is 0 Å². The number of anilines is 3. The van der Waals surface area contributed by atoms with Crippen LogP contribution in [0.3, 0.4) is 0 Å². The minimum absolute atomic E-state index is 0.0898. The molecule has 1 aliphatic rings. The number of rotatable bonds is 3. The first kappa shape index (κ1) is 26.1. The molecule has 0 radical (unpaired) electrons. The van der Waals surface area contributed by atoms with Crippen LogP contribution in [0.4, 0.5) is 17.1 Å². The van der Waals surface area contributed by atoms with Crippen LogP contribution in [0.5, 0.6) is 0 Å². The Morgan fingerprint density at radius 3 is 1.20 bits per heavy atom. The topological polar surface area (TPSA) is 3.24 Å². The van der Waals surface area contributed by atoms with Gasteiger partial charge in [0.1, 0.15) is 0 Å². The third kappa shape index (κ3) is 4.16. The summed E-state index contributed by atoms with van der Waals surface area (Å²) in [5.41, 5.74) is 11.2. The molecule has 0 bridgehead atoms. The minimum Gasteiger partial charge on any atom is -0.310 e. The lowest BCUT2D eigenvalue weighted by Gasteiger charge is -2.46. The SMILES string of the molecule is CC(C)(C)c1ccc(C2(c3ccc(C(C)(C)C)cc3)c3ccccc3N(c3ccccc3)c3ccccc32)cc1. The van der Waals surface area contributed by atoms with Crippen LogP contribution in [0.25, 0.3) is 0 Å². The standard InChI is InChI=1S/C39H39N/c1-37(2,3)28-20-24-30(25-21-28)39(31-26-22-29(23-27-31)38(4,5)6)33-16-10-12-18-35(33)40(32-14-8-7-9-15-32)36-19-13-11-17-34(36)39/h7-27H,1-6H3. The molecule has 0 unspecified atom stereocenters. The smallest absolute Gasteiger partial charge is 0.0742 e. The normalized spacial score (nSPS) is 14.4. The summed E-state index contributed by atoms with van der Waals surface area (Å²) in [5.74, 6) is 0. The van der Waals surface area contributed by atoms with Crippen LogP contribution in [0.1, 0.15) is 74.9 Å². The average molecular weight is 522 g/mol. The third-order valence-corrected chi connectivity index (χ3v) is 8.48. The van der Waals surface area contributed by atoms with Crippen molar-refractivity contribution in [1.82, 2.24) is 0 Å². The number of hydrogen-bond donors (Lipinski definition) is 0. The lowest BCUT2D eigenvalue weighted by molar-refractivity contribution is 0.588. The Bertz CT molecular complexity index is 1520. The van der Waals surface area contributed by atoms with Gasteiger partial charge >= 0.3 is 0 Å². The fourth-order valence-electron chi connectivity index (χ4n) is 6.33. The van der Waals surface area contributed by atoms with Gasteiger partial charge in [-0.3, -0.25) is 0 Å². The second-order valence-corrected chi connectivity index (χ2v) is 13.1. The molecule has 1 aliphatic heterocycles. The van der Waals surface area contributed by atoms with Gasteiger partial charge in [-0.05, 0) is 68.5 Å². The highest BCUT2D eigenvalue weighted by Crippen LogP contribution is 2.57. The predicted molar refractivity (Wildman–Crippen MR) is 170 cm³/mol. The lowest BCUT2D eigenvalue weighted by atomic mass is 9.62. The predicted octanol–water partition coefficient (Wildman–Crippen LogP) is 10.4. The summed E-state index contributed by atoms with van der Waals surface area (Å²) in [6.07, 6.45) is 0. The van der Waals surface area contributed by atoms with Crippen LogP contribution in [0.15, 0.2) is 127 Å². The van der Waals surface area contributed by atoms with E-state index in [4.69, 9.17) is 0 Å². The average Bonchev–Trinajstić information content (AvgIpc) is 2.96. The summed E-state index contributed by atoms with van der Waals surface area (Å²) >= 11 is 0. The Hall–Kier alpha value is -4.10. The number of hydrogen-bond acceptors (Lipinski definition) is 1. The second-order valence-electron chi connectivity index (χ2n) is 13.1. The molecule has 0 saturated carbocycles. The molecule has 5 aromatic rings. The summed E-state index contributed by atoms with van der Waals surface area (Å²) in [5, 5.41) is 0. The highest BCUT2D eigenvalue weighted by molar-refractivity contribution is 5.89. The first-order valence-corrected chi connectivity index (χ1v) is 14.4. The molecule has 0 spiro atoms. The Kier molecular flexibility index (Phi) is 6.22. The number of nitrogens with zero attached hydrogens (tertiary/aromatic N) is 1. The van der Waals surface area contributed by atoms with Crippen LogP contribution < -0.4 is 4.90 Å². The van der Waals surface area contributed by atoms with Crippen molar-refractivity contribution >= 4 is 17.1 Å². The highest BCUT2D eigenvalue weighted by Gasteiger charge is 2.46. The minimum atomic E-state index is -0.467. The van der Waals surface area contributed by atoms with E-state index in [1.807, 2.05) is 0 Å². The lowest BCUT2D eigenvalue weighted by Crippen LogP contribution is -2.37. The Labute approximate surface area is 240 Å². The zero-order valence-electron chi connectivity index (χ0n) is 24.6. The maximum Gasteiger partial charge on any atom is 0.0742 e. The van der Waals surface area contributed by atoms with E-state index >= 15 is 0 Å². The summed E-state index contributed by atoms with van der Waals surface area (Å²) < 4.78 is 0. The molecule has 200 valence electrons. The van der Waals surface area contributed by atoms with Crippen molar-refractivity contribution in [3.8, 4) is 0 Å². The zero-order chi connectivity index (χ0) is 28.1. The van der Waals surface area contributed by atoms with E-state index < -0.39 is 5.41 Å². The molecule has 5 aromatic carbocycles. The summed E-state index contributed by atoms with van der Waals surface area (Å²) in [6, 6.07) is 47.5. The number of fused-ring (bicyclic) bond motifs is 2. The van der Waals surface area contributed by atoms with Gasteiger partial charge in [-0.2, -0.15) is 0 Å². The van der Waals surface area contributed by atoms with E-state index in [0.29, 0.717) is 0 Å². The molecule has 0 aromatic heterocycles. The van der Waals surface area contributed by atoms with Crippen molar-refractivity contribution in [2.45, 2.75) is 57.8 Å². The first-order valence-electron chi connectivity index (χ1n) is 14.4. The van der Waals surface area contributed by atoms with Gasteiger partial charge in [0.05, 0.1) is 16.8 Å². The molecule has 0 aliphatic carbocycles. The van der Waals surface area contributed by atoms with E-state index in [-0.39, 0.29) is 10.8 Å². The van der Waals surface area contributed by atoms with Crippen molar-refractivity contribution in [2.24, 2.45) is 0 Å². The summed E-state index contributed by atoms with van der Waals surface area (Å²) in [7, 11) is 0. The molecule has 6 rings (SSSR count). The van der Waals surface area contributed by atoms with Gasteiger partial charge in [0.25, 0.3) is 0 Å². The number of para-hydroxylation sites is 3. The Balaban J connectivity index is 1.71. The Morgan fingerprint density at radius 2 is 0.800 bits per heavy atom. The van der Waals surface area contributed by atoms with Gasteiger partial charge in [-0.25, -0.2) is 0 Å². The van der Waals surface area contributed by atoms with E-state index in [0.717, 1.165) is 0 Å². The second kappa shape index (κ2) is 9.52. The Morgan fingerprint density at radius 1 is 0.425 bits per heavy atom. The highest BCUT2D eigenvalue weighted by atomic mass is 15.2. The van der Waals surface area contributed by atoms with Crippen LogP contribution in [0.2, 0.25) is 0 Å². The van der Waals surface area contributed by atoms with E-state index in [1.165, 1.54) is 50.4 Å². The van der Waals surface area contributed by atoms with Crippen molar-refractivity contribution in [3.05, 3.63) is 161 Å². The molecule has 1 heteroatoms. The van der Waals surface area contributed by atoms with Gasteiger partial charge in [-0.15, -0.1) is 0 Å². The summed E-state index contributed by atoms with van der Waals surface area (Å²) in [4.78, 5) is 2.43. The van der Waals surface area contributed by atoms with Crippen LogP contribution in [0, 0.1) is 0 Å². The van der Waals surface area contributed by atoms with Gasteiger partial charge < -0.3 is 4.90 Å². The van der Waals surface area contributed by atoms with Crippen molar-refractivity contribution in [1.29, 1.82) is 0 Å². The van der Waals surface area contributed by atoms with Gasteiger partial charge in [0, 0.05) is 5.69 Å². The molecule has 0 fully saturated rings. The van der Waals surface area contributed by atoms with E-state index in [1.54, 1.807) is 0 Å². The summed E-state index contributed by atoms with van der Waals surface area (Å²) in [6.45, 7) is 13.7. The number of benzene rings is 5. The fraction of sp³-hybridized carbons (Fsp3) is 0.231. The molecule has 1 nitrogen and oxygen atoms in total. The monoisotopic (exact) mass is 521 g/mol. The molecule has 40 heavy (non-hydrogen) atoms. The largest absolute Gasteiger partial charge is 0.310 e. The van der Waals surface area contributed by atoms with Crippen molar-refractivity contribution < 1.29 is 0 Å². The molecular weight excluding hydrogens is 482 g/mol. The molecule has 0 N–H and O–H groups in total. The maximum atomic E-state index is 2.43. The van der Waals surface area contributed by atoms with E-state index in [2.05, 4.69) is 174 Å². The molecular formula is C39H39N. The first-order chi connectivity index (χ1) is 19.1. The third-order valence-electron chi connectivity index (χ3n) is 8.48. The van der Waals surface area contributed by atoms with Gasteiger partial charge in [-0.1, -0.05) is 145 Å². The fourth-order valence-corrected chi connectivity index (χ4v) is 6.33. The quantitative estimate of drug-likeness (QED) is 0.224.